The summed E-state index contributed by atoms with van der Waals surface area (Å²) in [5, 5.41) is 11.4. The van der Waals surface area contributed by atoms with Gasteiger partial charge in [0.15, 0.2) is 0 Å². The van der Waals surface area contributed by atoms with Crippen LogP contribution in [0.4, 0.5) is 0 Å². The van der Waals surface area contributed by atoms with Gasteiger partial charge < -0.3 is 10.1 Å². The van der Waals surface area contributed by atoms with E-state index in [2.05, 4.69) is 33.7 Å². The Morgan fingerprint density at radius 1 is 1.47 bits per heavy atom. The number of nitrogens with zero attached hydrogens (tertiary/aromatic N) is 1. The lowest BCUT2D eigenvalue weighted by molar-refractivity contribution is 0.199. The molecular formula is C11H15N3O. The van der Waals surface area contributed by atoms with E-state index in [0.717, 1.165) is 30.6 Å². The van der Waals surface area contributed by atoms with Crippen LogP contribution in [0, 0.1) is 0 Å². The Labute approximate surface area is 88.6 Å². The van der Waals surface area contributed by atoms with E-state index in [1.807, 2.05) is 6.20 Å². The predicted octanol–water partition coefficient (Wildman–Crippen LogP) is 1.30. The summed E-state index contributed by atoms with van der Waals surface area (Å²) in [5.41, 5.74) is 2.34. The first-order valence-electron chi connectivity index (χ1n) is 5.02. The minimum absolute atomic E-state index is 0.744. The third kappa shape index (κ3) is 2.55. The van der Waals surface area contributed by atoms with Crippen LogP contribution < -0.4 is 5.32 Å². The summed E-state index contributed by atoms with van der Waals surface area (Å²) in [5.74, 6) is 0. The molecule has 0 unspecified atom stereocenters. The molecule has 1 aromatic carbocycles. The number of nitrogens with one attached hydrogen (secondary N) is 2. The molecule has 0 aliphatic rings. The second-order valence-corrected chi connectivity index (χ2v) is 3.46. The first-order valence-corrected chi connectivity index (χ1v) is 5.02. The Hall–Kier alpha value is -1.39. The maximum Gasteiger partial charge on any atom is 0.0650 e. The van der Waals surface area contributed by atoms with Gasteiger partial charge in [-0.1, -0.05) is 6.07 Å². The van der Waals surface area contributed by atoms with Gasteiger partial charge in [0.1, 0.15) is 0 Å². The molecule has 80 valence electrons. The molecule has 0 bridgehead atoms. The van der Waals surface area contributed by atoms with E-state index in [9.17, 15) is 0 Å². The molecule has 1 heterocycles. The summed E-state index contributed by atoms with van der Waals surface area (Å²) < 4.78 is 4.96. The van der Waals surface area contributed by atoms with Crippen LogP contribution in [0.1, 0.15) is 5.56 Å². The SMILES string of the molecule is COCCNCc1ccc2[nH]ncc2c1. The van der Waals surface area contributed by atoms with Crippen LogP contribution in [-0.4, -0.2) is 30.5 Å². The van der Waals surface area contributed by atoms with Crippen molar-refractivity contribution in [2.24, 2.45) is 0 Å². The van der Waals surface area contributed by atoms with Gasteiger partial charge in [-0.15, -0.1) is 0 Å². The number of hydrogen-bond donors (Lipinski definition) is 2. The van der Waals surface area contributed by atoms with E-state index in [1.54, 1.807) is 7.11 Å². The molecule has 2 rings (SSSR count). The van der Waals surface area contributed by atoms with Crippen molar-refractivity contribution in [2.45, 2.75) is 6.54 Å². The average Bonchev–Trinajstić information content (AvgIpc) is 2.71. The second-order valence-electron chi connectivity index (χ2n) is 3.46. The van der Waals surface area contributed by atoms with E-state index in [4.69, 9.17) is 4.74 Å². The lowest BCUT2D eigenvalue weighted by atomic mass is 10.1. The van der Waals surface area contributed by atoms with Crippen molar-refractivity contribution in [2.75, 3.05) is 20.3 Å². The molecule has 0 aliphatic heterocycles. The lowest BCUT2D eigenvalue weighted by Gasteiger charge is -2.03. The summed E-state index contributed by atoms with van der Waals surface area (Å²) in [6.45, 7) is 2.48. The highest BCUT2D eigenvalue weighted by molar-refractivity contribution is 5.78. The molecule has 0 atom stereocenters. The van der Waals surface area contributed by atoms with E-state index in [0.29, 0.717) is 0 Å². The number of hydrogen-bond acceptors (Lipinski definition) is 3. The normalized spacial score (nSPS) is 11.0. The van der Waals surface area contributed by atoms with Gasteiger partial charge in [-0.2, -0.15) is 5.10 Å². The lowest BCUT2D eigenvalue weighted by Crippen LogP contribution is -2.18. The van der Waals surface area contributed by atoms with Crippen LogP contribution in [-0.2, 0) is 11.3 Å². The van der Waals surface area contributed by atoms with Crippen molar-refractivity contribution in [1.82, 2.24) is 15.5 Å². The number of aromatic amines is 1. The molecular weight excluding hydrogens is 190 g/mol. The molecule has 2 N–H and O–H groups in total. The predicted molar refractivity (Wildman–Crippen MR) is 59.7 cm³/mol. The van der Waals surface area contributed by atoms with Gasteiger partial charge in [0.2, 0.25) is 0 Å². The Morgan fingerprint density at radius 2 is 2.40 bits per heavy atom. The largest absolute Gasteiger partial charge is 0.383 e. The van der Waals surface area contributed by atoms with Gasteiger partial charge in [0.25, 0.3) is 0 Å². The highest BCUT2D eigenvalue weighted by atomic mass is 16.5. The smallest absolute Gasteiger partial charge is 0.0650 e. The fraction of sp³-hybridized carbons (Fsp3) is 0.364. The minimum Gasteiger partial charge on any atom is -0.383 e. The van der Waals surface area contributed by atoms with Gasteiger partial charge in [-0.05, 0) is 17.7 Å². The summed E-state index contributed by atoms with van der Waals surface area (Å²) >= 11 is 0. The fourth-order valence-electron chi connectivity index (χ4n) is 1.51. The molecule has 1 aromatic heterocycles. The van der Waals surface area contributed by atoms with Crippen LogP contribution in [0.25, 0.3) is 10.9 Å². The van der Waals surface area contributed by atoms with Crippen molar-refractivity contribution in [1.29, 1.82) is 0 Å². The first kappa shape index (κ1) is 10.1. The number of benzene rings is 1. The zero-order valence-electron chi connectivity index (χ0n) is 8.79. The van der Waals surface area contributed by atoms with Gasteiger partial charge >= 0.3 is 0 Å². The van der Waals surface area contributed by atoms with Crippen molar-refractivity contribution in [3.63, 3.8) is 0 Å². The quantitative estimate of drug-likeness (QED) is 0.723. The van der Waals surface area contributed by atoms with Crippen LogP contribution in [0.5, 0.6) is 0 Å². The molecule has 0 amide bonds. The summed E-state index contributed by atoms with van der Waals surface area (Å²) in [7, 11) is 1.71. The number of ether oxygens (including phenoxy) is 1. The van der Waals surface area contributed by atoms with Crippen molar-refractivity contribution >= 4 is 10.9 Å². The standard InChI is InChI=1S/C11H15N3O/c1-15-5-4-12-7-9-2-3-11-10(6-9)8-13-14-11/h2-3,6,8,12H,4-5,7H2,1H3,(H,13,14). The third-order valence-corrected chi connectivity index (χ3v) is 2.32. The van der Waals surface area contributed by atoms with E-state index >= 15 is 0 Å². The molecule has 0 fully saturated rings. The van der Waals surface area contributed by atoms with E-state index in [1.165, 1.54) is 5.56 Å². The number of rotatable bonds is 5. The molecule has 0 radical (unpaired) electrons. The number of methoxy groups -OCH3 is 1. The third-order valence-electron chi connectivity index (χ3n) is 2.32. The van der Waals surface area contributed by atoms with E-state index < -0.39 is 0 Å². The first-order chi connectivity index (χ1) is 7.40. The zero-order valence-corrected chi connectivity index (χ0v) is 8.79. The molecule has 0 aliphatic carbocycles. The topological polar surface area (TPSA) is 49.9 Å². The number of H-pyrrole nitrogens is 1. The highest BCUT2D eigenvalue weighted by Gasteiger charge is 1.97. The Kier molecular flexibility index (Phi) is 3.32. The molecule has 15 heavy (non-hydrogen) atoms. The average molecular weight is 205 g/mol. The monoisotopic (exact) mass is 205 g/mol. The van der Waals surface area contributed by atoms with Crippen LogP contribution in [0.3, 0.4) is 0 Å². The molecule has 0 saturated carbocycles. The van der Waals surface area contributed by atoms with Crippen molar-refractivity contribution in [3.8, 4) is 0 Å². The van der Waals surface area contributed by atoms with Crippen LogP contribution in [0.2, 0.25) is 0 Å². The number of aromatic nitrogens is 2. The zero-order chi connectivity index (χ0) is 10.5. The minimum atomic E-state index is 0.744. The highest BCUT2D eigenvalue weighted by Crippen LogP contribution is 2.12. The molecule has 2 aromatic rings. The Balaban J connectivity index is 1.96. The van der Waals surface area contributed by atoms with Gasteiger partial charge in [-0.3, -0.25) is 5.10 Å². The summed E-state index contributed by atoms with van der Waals surface area (Å²) in [6, 6.07) is 6.29. The Bertz CT molecular complexity index is 424. The number of fused-ring (bicyclic) bond motifs is 1. The van der Waals surface area contributed by atoms with Gasteiger partial charge in [0.05, 0.1) is 18.3 Å². The molecule has 4 heteroatoms. The van der Waals surface area contributed by atoms with Gasteiger partial charge in [0, 0.05) is 25.6 Å². The van der Waals surface area contributed by atoms with Crippen LogP contribution in [0.15, 0.2) is 24.4 Å². The summed E-state index contributed by atoms with van der Waals surface area (Å²) in [4.78, 5) is 0. The Morgan fingerprint density at radius 3 is 3.27 bits per heavy atom. The maximum atomic E-state index is 4.96. The molecule has 0 saturated heterocycles. The summed E-state index contributed by atoms with van der Waals surface area (Å²) in [6.07, 6.45) is 1.84. The van der Waals surface area contributed by atoms with Gasteiger partial charge in [-0.25, -0.2) is 0 Å². The fourth-order valence-corrected chi connectivity index (χ4v) is 1.51. The van der Waals surface area contributed by atoms with Crippen LogP contribution >= 0.6 is 0 Å². The van der Waals surface area contributed by atoms with E-state index in [-0.39, 0.29) is 0 Å². The van der Waals surface area contributed by atoms with Crippen molar-refractivity contribution in [3.05, 3.63) is 30.0 Å². The molecule has 4 nitrogen and oxygen atoms in total. The molecule has 0 spiro atoms. The van der Waals surface area contributed by atoms with Crippen molar-refractivity contribution < 1.29 is 4.74 Å². The maximum absolute atomic E-state index is 4.96. The second kappa shape index (κ2) is 4.91.